The minimum absolute atomic E-state index is 0.193. The normalized spacial score (nSPS) is 16.6. The Hall–Kier alpha value is -2.64. The van der Waals surface area contributed by atoms with Crippen molar-refractivity contribution in [2.75, 3.05) is 37.9 Å². The molecule has 0 bridgehead atoms. The van der Waals surface area contributed by atoms with E-state index in [0.717, 1.165) is 5.56 Å². The van der Waals surface area contributed by atoms with E-state index in [9.17, 15) is 9.18 Å². The van der Waals surface area contributed by atoms with Crippen molar-refractivity contribution in [3.8, 4) is 11.5 Å². The molecule has 0 aromatic heterocycles. The topological polar surface area (TPSA) is 60.0 Å². The molecule has 2 aromatic rings. The fourth-order valence-corrected chi connectivity index (χ4v) is 3.16. The van der Waals surface area contributed by atoms with Crippen LogP contribution in [-0.2, 0) is 11.3 Å². The van der Waals surface area contributed by atoms with Crippen LogP contribution >= 0.6 is 0 Å². The molecule has 4 rings (SSSR count). The Balaban J connectivity index is 1.63. The molecule has 1 saturated heterocycles. The summed E-state index contributed by atoms with van der Waals surface area (Å²) in [5.41, 5.74) is 1.75. The number of rotatable bonds is 3. The summed E-state index contributed by atoms with van der Waals surface area (Å²) in [6.07, 6.45) is 0. The van der Waals surface area contributed by atoms with Crippen LogP contribution in [0, 0.1) is 5.82 Å². The maximum Gasteiger partial charge on any atom is 0.345 e. The van der Waals surface area contributed by atoms with Gasteiger partial charge in [-0.15, -0.1) is 0 Å². The van der Waals surface area contributed by atoms with E-state index in [1.807, 2.05) is 11.0 Å². The molecule has 136 valence electrons. The molecule has 1 fully saturated rings. The molecular weight excluding hydrogens is 339 g/mol. The number of fused-ring (bicyclic) bond motifs is 1. The van der Waals surface area contributed by atoms with Gasteiger partial charge in [-0.3, -0.25) is 5.32 Å². The maximum atomic E-state index is 13.8. The van der Waals surface area contributed by atoms with Crippen LogP contribution in [0.1, 0.15) is 15.9 Å². The van der Waals surface area contributed by atoms with Crippen molar-refractivity contribution in [3.63, 3.8) is 0 Å². The summed E-state index contributed by atoms with van der Waals surface area (Å²) < 4.78 is 30.3. The van der Waals surface area contributed by atoms with Gasteiger partial charge in [-0.2, -0.15) is 0 Å². The number of benzene rings is 2. The first-order chi connectivity index (χ1) is 12.7. The van der Waals surface area contributed by atoms with Gasteiger partial charge < -0.3 is 19.1 Å². The van der Waals surface area contributed by atoms with Crippen molar-refractivity contribution in [1.29, 1.82) is 0 Å². The number of carbonyl (C=O) groups excluding carboxylic acids is 1. The van der Waals surface area contributed by atoms with E-state index >= 15 is 0 Å². The van der Waals surface area contributed by atoms with Crippen molar-refractivity contribution in [2.24, 2.45) is 0 Å². The smallest absolute Gasteiger partial charge is 0.345 e. The first-order valence-corrected chi connectivity index (χ1v) is 8.52. The molecule has 0 amide bonds. The van der Waals surface area contributed by atoms with Crippen molar-refractivity contribution in [1.82, 2.24) is 5.32 Å². The summed E-state index contributed by atoms with van der Waals surface area (Å²) in [6, 6.07) is 9.55. The second-order valence-electron chi connectivity index (χ2n) is 6.11. The van der Waals surface area contributed by atoms with Crippen molar-refractivity contribution < 1.29 is 23.4 Å². The highest BCUT2D eigenvalue weighted by Gasteiger charge is 2.23. The van der Waals surface area contributed by atoms with Gasteiger partial charge in [0.2, 0.25) is 0 Å². The number of halogens is 1. The molecule has 2 aliphatic heterocycles. The van der Waals surface area contributed by atoms with Crippen LogP contribution in [0.25, 0.3) is 0 Å². The van der Waals surface area contributed by atoms with Gasteiger partial charge in [0.1, 0.15) is 12.5 Å². The van der Waals surface area contributed by atoms with E-state index in [-0.39, 0.29) is 5.56 Å². The average Bonchev–Trinajstić information content (AvgIpc) is 2.69. The zero-order chi connectivity index (χ0) is 17.9. The summed E-state index contributed by atoms with van der Waals surface area (Å²) in [6.45, 7) is 3.40. The monoisotopic (exact) mass is 358 g/mol. The van der Waals surface area contributed by atoms with E-state index in [0.29, 0.717) is 56.8 Å². The fourth-order valence-electron chi connectivity index (χ4n) is 3.16. The van der Waals surface area contributed by atoms with Gasteiger partial charge in [-0.05, 0) is 24.3 Å². The molecule has 0 saturated carbocycles. The predicted octanol–water partition coefficient (Wildman–Crippen LogP) is 2.32. The van der Waals surface area contributed by atoms with E-state index in [1.165, 1.54) is 12.1 Å². The molecule has 2 aromatic carbocycles. The van der Waals surface area contributed by atoms with Crippen LogP contribution in [0.4, 0.5) is 10.1 Å². The SMILES string of the molecule is O=C(Oc1cccc2c1OCNC2)c1cc(F)ccc1N1CCOCC1. The average molecular weight is 358 g/mol. The standard InChI is InChI=1S/C19H19FN2O4/c20-14-4-5-16(22-6-8-24-9-7-22)15(10-14)19(23)26-17-3-1-2-13-11-21-12-25-18(13)17/h1-5,10,21H,6-9,11-12H2. The van der Waals surface area contributed by atoms with Gasteiger partial charge in [0, 0.05) is 25.2 Å². The lowest BCUT2D eigenvalue weighted by atomic mass is 10.1. The van der Waals surface area contributed by atoms with Crippen molar-refractivity contribution in [2.45, 2.75) is 6.54 Å². The quantitative estimate of drug-likeness (QED) is 0.671. The van der Waals surface area contributed by atoms with Gasteiger partial charge >= 0.3 is 5.97 Å². The number of morpholine rings is 1. The van der Waals surface area contributed by atoms with Crippen molar-refractivity contribution >= 4 is 11.7 Å². The molecule has 2 heterocycles. The van der Waals surface area contributed by atoms with Crippen LogP contribution in [0.5, 0.6) is 11.5 Å². The Morgan fingerprint density at radius 3 is 2.88 bits per heavy atom. The largest absolute Gasteiger partial charge is 0.474 e. The number of ether oxygens (including phenoxy) is 3. The number of nitrogens with one attached hydrogen (secondary N) is 1. The molecule has 7 heteroatoms. The summed E-state index contributed by atoms with van der Waals surface area (Å²) in [5.74, 6) is -0.207. The van der Waals surface area contributed by atoms with Crippen LogP contribution in [0.2, 0.25) is 0 Å². The third-order valence-corrected chi connectivity index (χ3v) is 4.43. The first kappa shape index (κ1) is 16.8. The minimum Gasteiger partial charge on any atom is -0.474 e. The second-order valence-corrected chi connectivity index (χ2v) is 6.11. The summed E-state index contributed by atoms with van der Waals surface area (Å²) in [5, 5.41) is 3.08. The molecular formula is C19H19FN2O4. The maximum absolute atomic E-state index is 13.8. The molecule has 6 nitrogen and oxygen atoms in total. The highest BCUT2D eigenvalue weighted by Crippen LogP contribution is 2.34. The molecule has 0 radical (unpaired) electrons. The zero-order valence-electron chi connectivity index (χ0n) is 14.2. The lowest BCUT2D eigenvalue weighted by molar-refractivity contribution is 0.0724. The third kappa shape index (κ3) is 3.36. The van der Waals surface area contributed by atoms with Gasteiger partial charge in [-0.25, -0.2) is 9.18 Å². The fraction of sp³-hybridized carbons (Fsp3) is 0.316. The number of hydrogen-bond acceptors (Lipinski definition) is 6. The van der Waals surface area contributed by atoms with Gasteiger partial charge in [-0.1, -0.05) is 12.1 Å². The van der Waals surface area contributed by atoms with E-state index in [2.05, 4.69) is 5.32 Å². The van der Waals surface area contributed by atoms with Crippen LogP contribution in [0.15, 0.2) is 36.4 Å². The van der Waals surface area contributed by atoms with Crippen LogP contribution in [-0.4, -0.2) is 39.0 Å². The first-order valence-electron chi connectivity index (χ1n) is 8.52. The Bertz CT molecular complexity index is 821. The number of hydrogen-bond donors (Lipinski definition) is 1. The van der Waals surface area contributed by atoms with Gasteiger partial charge in [0.05, 0.1) is 24.5 Å². The molecule has 1 N–H and O–H groups in total. The zero-order valence-corrected chi connectivity index (χ0v) is 14.2. The van der Waals surface area contributed by atoms with E-state index in [4.69, 9.17) is 14.2 Å². The molecule has 2 aliphatic rings. The van der Waals surface area contributed by atoms with Gasteiger partial charge in [0.25, 0.3) is 0 Å². The number of para-hydroxylation sites is 1. The lowest BCUT2D eigenvalue weighted by Crippen LogP contribution is -2.37. The number of nitrogens with zero attached hydrogens (tertiary/aromatic N) is 1. The highest BCUT2D eigenvalue weighted by molar-refractivity contribution is 5.97. The van der Waals surface area contributed by atoms with E-state index in [1.54, 1.807) is 18.2 Å². The minimum atomic E-state index is -0.610. The molecule has 26 heavy (non-hydrogen) atoms. The lowest BCUT2D eigenvalue weighted by Gasteiger charge is -2.30. The molecule has 0 aliphatic carbocycles. The second kappa shape index (κ2) is 7.31. The molecule has 0 unspecified atom stereocenters. The Morgan fingerprint density at radius 2 is 2.04 bits per heavy atom. The predicted molar refractivity (Wildman–Crippen MR) is 93.2 cm³/mol. The molecule has 0 atom stereocenters. The summed E-state index contributed by atoms with van der Waals surface area (Å²) in [7, 11) is 0. The Labute approximate surface area is 150 Å². The highest BCUT2D eigenvalue weighted by atomic mass is 19.1. The Morgan fingerprint density at radius 1 is 1.19 bits per heavy atom. The van der Waals surface area contributed by atoms with Crippen molar-refractivity contribution in [3.05, 3.63) is 53.3 Å². The van der Waals surface area contributed by atoms with E-state index < -0.39 is 11.8 Å². The summed E-state index contributed by atoms with van der Waals surface area (Å²) in [4.78, 5) is 14.8. The Kier molecular flexibility index (Phi) is 4.73. The number of anilines is 1. The number of carbonyl (C=O) groups is 1. The van der Waals surface area contributed by atoms with Crippen LogP contribution in [0.3, 0.4) is 0 Å². The van der Waals surface area contributed by atoms with Crippen LogP contribution < -0.4 is 19.7 Å². The molecule has 0 spiro atoms. The van der Waals surface area contributed by atoms with Gasteiger partial charge in [0.15, 0.2) is 11.5 Å². The number of esters is 1. The summed E-state index contributed by atoms with van der Waals surface area (Å²) >= 11 is 0. The third-order valence-electron chi connectivity index (χ3n) is 4.43.